The van der Waals surface area contributed by atoms with Crippen LogP contribution in [0.5, 0.6) is 0 Å². The van der Waals surface area contributed by atoms with E-state index in [2.05, 4.69) is 39.9 Å². The fourth-order valence-electron chi connectivity index (χ4n) is 4.56. The summed E-state index contributed by atoms with van der Waals surface area (Å²) in [5.41, 5.74) is 8.01. The summed E-state index contributed by atoms with van der Waals surface area (Å²) in [6.07, 6.45) is 1.79. The number of benzene rings is 4. The predicted molar refractivity (Wildman–Crippen MR) is 154 cm³/mol. The average Bonchev–Trinajstić information content (AvgIpc) is 3.41. The largest absolute Gasteiger partial charge is 0.332 e. The summed E-state index contributed by atoms with van der Waals surface area (Å²) in [4.78, 5) is 14.1. The molecule has 0 aliphatic rings. The first-order valence-electron chi connectivity index (χ1n) is 12.5. The number of aryl methyl sites for hydroxylation is 1. The molecule has 0 N–H and O–H groups in total. The van der Waals surface area contributed by atoms with Crippen molar-refractivity contribution in [2.75, 3.05) is 0 Å². The SMILES string of the molecule is Cc1nc2ccccc2c2nc(-c3[c-]cccc3)n(-c3ccccc3)c12.[Ir].[c-]1ccccc1-c1ccccn1. The van der Waals surface area contributed by atoms with Crippen LogP contribution in [0, 0.1) is 19.1 Å². The van der Waals surface area contributed by atoms with Gasteiger partial charge in [0.15, 0.2) is 0 Å². The van der Waals surface area contributed by atoms with Crippen LogP contribution < -0.4 is 0 Å². The molecule has 0 bridgehead atoms. The molecule has 0 unspecified atom stereocenters. The third kappa shape index (κ3) is 5.42. The molecule has 191 valence electrons. The van der Waals surface area contributed by atoms with Gasteiger partial charge in [-0.15, -0.1) is 71.8 Å². The second kappa shape index (κ2) is 12.0. The van der Waals surface area contributed by atoms with Crippen molar-refractivity contribution < 1.29 is 20.1 Å². The van der Waals surface area contributed by atoms with Crippen LogP contribution in [0.4, 0.5) is 0 Å². The number of rotatable bonds is 3. The molecule has 7 aromatic rings. The van der Waals surface area contributed by atoms with Gasteiger partial charge in [-0.25, -0.2) is 0 Å². The van der Waals surface area contributed by atoms with Crippen molar-refractivity contribution in [1.29, 1.82) is 0 Å². The molecule has 0 aliphatic heterocycles. The molecular weight excluding hydrogens is 657 g/mol. The Morgan fingerprint density at radius 1 is 0.641 bits per heavy atom. The monoisotopic (exact) mass is 681 g/mol. The molecule has 3 heterocycles. The molecule has 7 rings (SSSR count). The van der Waals surface area contributed by atoms with Crippen LogP contribution in [0.15, 0.2) is 128 Å². The topological polar surface area (TPSA) is 43.6 Å². The van der Waals surface area contributed by atoms with E-state index in [0.29, 0.717) is 0 Å². The van der Waals surface area contributed by atoms with Gasteiger partial charge in [0.25, 0.3) is 0 Å². The van der Waals surface area contributed by atoms with E-state index < -0.39 is 0 Å². The second-order valence-electron chi connectivity index (χ2n) is 8.79. The zero-order chi connectivity index (χ0) is 25.7. The summed E-state index contributed by atoms with van der Waals surface area (Å²) < 4.78 is 2.19. The van der Waals surface area contributed by atoms with Gasteiger partial charge in [0.2, 0.25) is 0 Å². The zero-order valence-electron chi connectivity index (χ0n) is 21.2. The summed E-state index contributed by atoms with van der Waals surface area (Å²) >= 11 is 0. The van der Waals surface area contributed by atoms with Crippen LogP contribution >= 0.6 is 0 Å². The number of hydrogen-bond acceptors (Lipinski definition) is 3. The quantitative estimate of drug-likeness (QED) is 0.178. The van der Waals surface area contributed by atoms with Crippen LogP contribution in [0.25, 0.3) is 50.3 Å². The van der Waals surface area contributed by atoms with Gasteiger partial charge in [-0.05, 0) is 36.9 Å². The van der Waals surface area contributed by atoms with E-state index in [9.17, 15) is 0 Å². The molecular formula is C34H24IrN4-2. The Hall–Kier alpha value is -4.44. The van der Waals surface area contributed by atoms with Crippen LogP contribution in [0.3, 0.4) is 0 Å². The number of fused-ring (bicyclic) bond motifs is 3. The summed E-state index contributed by atoms with van der Waals surface area (Å²) in [6, 6.07) is 46.6. The van der Waals surface area contributed by atoms with Gasteiger partial charge in [-0.2, -0.15) is 0 Å². The van der Waals surface area contributed by atoms with E-state index in [1.165, 1.54) is 0 Å². The van der Waals surface area contributed by atoms with Gasteiger partial charge in [-0.3, -0.25) is 9.97 Å². The van der Waals surface area contributed by atoms with E-state index in [0.717, 1.165) is 56.0 Å². The Kier molecular flexibility index (Phi) is 8.02. The van der Waals surface area contributed by atoms with Crippen molar-refractivity contribution in [1.82, 2.24) is 19.5 Å². The first-order valence-corrected chi connectivity index (χ1v) is 12.5. The molecule has 0 spiro atoms. The first-order chi connectivity index (χ1) is 18.8. The smallest absolute Gasteiger partial charge is 0.0887 e. The van der Waals surface area contributed by atoms with Crippen molar-refractivity contribution in [3.8, 4) is 28.3 Å². The van der Waals surface area contributed by atoms with E-state index in [4.69, 9.17) is 9.97 Å². The Balaban J connectivity index is 0.000000200. The van der Waals surface area contributed by atoms with Gasteiger partial charge in [0.05, 0.1) is 28.1 Å². The maximum atomic E-state index is 5.04. The van der Waals surface area contributed by atoms with Crippen LogP contribution in [0.2, 0.25) is 0 Å². The molecule has 4 aromatic carbocycles. The first kappa shape index (κ1) is 26.2. The van der Waals surface area contributed by atoms with Gasteiger partial charge in [0, 0.05) is 37.4 Å². The minimum Gasteiger partial charge on any atom is -0.332 e. The fourth-order valence-corrected chi connectivity index (χ4v) is 4.56. The molecule has 0 amide bonds. The average molecular weight is 681 g/mol. The van der Waals surface area contributed by atoms with Gasteiger partial charge in [-0.1, -0.05) is 48.5 Å². The fraction of sp³-hybridized carbons (Fsp3) is 0.0294. The summed E-state index contributed by atoms with van der Waals surface area (Å²) in [7, 11) is 0. The summed E-state index contributed by atoms with van der Waals surface area (Å²) in [5.74, 6) is 0.882. The Morgan fingerprint density at radius 3 is 2.00 bits per heavy atom. The summed E-state index contributed by atoms with van der Waals surface area (Å²) in [6.45, 7) is 2.05. The molecule has 39 heavy (non-hydrogen) atoms. The normalized spacial score (nSPS) is 10.5. The summed E-state index contributed by atoms with van der Waals surface area (Å²) in [5, 5.41) is 1.07. The number of nitrogens with zero attached hydrogens (tertiary/aromatic N) is 4. The molecule has 0 saturated heterocycles. The molecule has 0 aliphatic carbocycles. The number of pyridine rings is 2. The van der Waals surface area contributed by atoms with Crippen molar-refractivity contribution in [2.24, 2.45) is 0 Å². The third-order valence-corrected chi connectivity index (χ3v) is 6.28. The van der Waals surface area contributed by atoms with E-state index in [1.54, 1.807) is 6.20 Å². The van der Waals surface area contributed by atoms with Gasteiger partial charge < -0.3 is 9.55 Å². The van der Waals surface area contributed by atoms with Gasteiger partial charge >= 0.3 is 0 Å². The maximum Gasteiger partial charge on any atom is 0.0887 e. The molecule has 5 heteroatoms. The zero-order valence-corrected chi connectivity index (χ0v) is 23.6. The molecule has 4 nitrogen and oxygen atoms in total. The van der Waals surface area contributed by atoms with Crippen LogP contribution in [0.1, 0.15) is 5.69 Å². The molecule has 3 aromatic heterocycles. The van der Waals surface area contributed by atoms with E-state index >= 15 is 0 Å². The van der Waals surface area contributed by atoms with Crippen molar-refractivity contribution in [3.63, 3.8) is 0 Å². The standard InChI is InChI=1S/C23H16N3.C11H8N.Ir/c1-16-22-21(19-14-8-9-15-20(19)24-16)25-23(17-10-4-2-5-11-17)26(22)18-12-6-3-7-13-18;1-2-6-10(7-3-1)11-8-4-5-9-12-11;/h2-10,12-15H,1H3;1-6,8-9H;/q2*-1;. The van der Waals surface area contributed by atoms with Crippen LogP contribution in [-0.4, -0.2) is 19.5 Å². The number of hydrogen-bond donors (Lipinski definition) is 0. The number of aromatic nitrogens is 4. The molecule has 0 fully saturated rings. The van der Waals surface area contributed by atoms with E-state index in [1.807, 2.05) is 110 Å². The third-order valence-electron chi connectivity index (χ3n) is 6.28. The minimum atomic E-state index is 0. The van der Waals surface area contributed by atoms with Crippen molar-refractivity contribution >= 4 is 21.9 Å². The Morgan fingerprint density at radius 2 is 1.31 bits per heavy atom. The molecule has 0 atom stereocenters. The maximum absolute atomic E-state index is 5.04. The number of imidazole rings is 1. The Labute approximate surface area is 241 Å². The van der Waals surface area contributed by atoms with Gasteiger partial charge in [0.1, 0.15) is 0 Å². The van der Waals surface area contributed by atoms with E-state index in [-0.39, 0.29) is 20.1 Å². The molecule has 0 saturated carbocycles. The molecule has 1 radical (unpaired) electrons. The van der Waals surface area contributed by atoms with Crippen LogP contribution in [-0.2, 0) is 20.1 Å². The predicted octanol–water partition coefficient (Wildman–Crippen LogP) is 7.90. The van der Waals surface area contributed by atoms with Crippen molar-refractivity contribution in [2.45, 2.75) is 6.92 Å². The minimum absolute atomic E-state index is 0. The number of para-hydroxylation sites is 2. The second-order valence-corrected chi connectivity index (χ2v) is 8.79. The van der Waals surface area contributed by atoms with Crippen molar-refractivity contribution in [3.05, 3.63) is 145 Å². The Bertz CT molecular complexity index is 1760.